The van der Waals surface area contributed by atoms with E-state index >= 15 is 0 Å². The fraction of sp³-hybridized carbons (Fsp3) is 0.600. The molecule has 0 aromatic heterocycles. The van der Waals surface area contributed by atoms with E-state index in [0.717, 1.165) is 0 Å². The van der Waals surface area contributed by atoms with Crippen molar-refractivity contribution in [2.45, 2.75) is 51.6 Å². The summed E-state index contributed by atoms with van der Waals surface area (Å²) in [6.45, 7) is 5.61. The lowest BCUT2D eigenvalue weighted by Crippen LogP contribution is -2.37. The standard InChI is InChI=1S/C15H23BrN2/c1-11(10-13-6-3-4-9-17-13)18-15-8-5-7-14(16)12(15)2/h5,7-8,11,13,17-18H,3-4,6,9-10H2,1-2H3. The van der Waals surface area contributed by atoms with E-state index < -0.39 is 0 Å². The van der Waals surface area contributed by atoms with Crippen molar-refractivity contribution < 1.29 is 0 Å². The first-order chi connectivity index (χ1) is 8.66. The van der Waals surface area contributed by atoms with Gasteiger partial charge in [-0.05, 0) is 57.4 Å². The van der Waals surface area contributed by atoms with Crippen molar-refractivity contribution in [3.05, 3.63) is 28.2 Å². The van der Waals surface area contributed by atoms with Gasteiger partial charge in [0.05, 0.1) is 0 Å². The van der Waals surface area contributed by atoms with Crippen LogP contribution in [0.2, 0.25) is 0 Å². The molecule has 0 saturated carbocycles. The van der Waals surface area contributed by atoms with Gasteiger partial charge in [0.15, 0.2) is 0 Å². The maximum Gasteiger partial charge on any atom is 0.0383 e. The Labute approximate surface area is 119 Å². The van der Waals surface area contributed by atoms with Crippen molar-refractivity contribution in [2.75, 3.05) is 11.9 Å². The van der Waals surface area contributed by atoms with Crippen molar-refractivity contribution >= 4 is 21.6 Å². The number of halogens is 1. The summed E-state index contributed by atoms with van der Waals surface area (Å²) in [7, 11) is 0. The van der Waals surface area contributed by atoms with E-state index in [1.807, 2.05) is 0 Å². The van der Waals surface area contributed by atoms with Crippen LogP contribution in [0.5, 0.6) is 0 Å². The third kappa shape index (κ3) is 3.72. The molecule has 2 nitrogen and oxygen atoms in total. The highest BCUT2D eigenvalue weighted by Crippen LogP contribution is 2.24. The molecule has 18 heavy (non-hydrogen) atoms. The van der Waals surface area contributed by atoms with Gasteiger partial charge in [0, 0.05) is 22.2 Å². The highest BCUT2D eigenvalue weighted by Gasteiger charge is 2.16. The molecule has 1 fully saturated rings. The van der Waals surface area contributed by atoms with E-state index in [1.54, 1.807) is 0 Å². The minimum atomic E-state index is 0.508. The third-order valence-corrected chi connectivity index (χ3v) is 4.58. The lowest BCUT2D eigenvalue weighted by atomic mass is 9.98. The molecule has 0 radical (unpaired) electrons. The van der Waals surface area contributed by atoms with Crippen LogP contribution >= 0.6 is 15.9 Å². The summed E-state index contributed by atoms with van der Waals surface area (Å²) in [5.74, 6) is 0. The van der Waals surface area contributed by atoms with Gasteiger partial charge in [0.1, 0.15) is 0 Å². The zero-order valence-corrected chi connectivity index (χ0v) is 12.9. The normalized spacial score (nSPS) is 21.6. The monoisotopic (exact) mass is 310 g/mol. The van der Waals surface area contributed by atoms with Gasteiger partial charge in [-0.1, -0.05) is 28.4 Å². The Kier molecular flexibility index (Phi) is 5.07. The highest BCUT2D eigenvalue weighted by atomic mass is 79.9. The molecule has 2 atom stereocenters. The number of anilines is 1. The summed E-state index contributed by atoms with van der Waals surface area (Å²) < 4.78 is 1.18. The van der Waals surface area contributed by atoms with Crippen molar-refractivity contribution in [1.29, 1.82) is 0 Å². The molecule has 0 amide bonds. The molecule has 100 valence electrons. The highest BCUT2D eigenvalue weighted by molar-refractivity contribution is 9.10. The maximum absolute atomic E-state index is 3.63. The number of benzene rings is 1. The summed E-state index contributed by atoms with van der Waals surface area (Å²) in [4.78, 5) is 0. The van der Waals surface area contributed by atoms with Crippen molar-refractivity contribution in [3.63, 3.8) is 0 Å². The Hall–Kier alpha value is -0.540. The quantitative estimate of drug-likeness (QED) is 0.875. The first-order valence-electron chi connectivity index (χ1n) is 6.92. The summed E-state index contributed by atoms with van der Waals surface area (Å²) in [6.07, 6.45) is 5.23. The lowest BCUT2D eigenvalue weighted by Gasteiger charge is -2.27. The van der Waals surface area contributed by atoms with Gasteiger partial charge in [-0.15, -0.1) is 0 Å². The predicted octanol–water partition coefficient (Wildman–Crippen LogP) is 4.09. The Balaban J connectivity index is 1.90. The molecule has 1 saturated heterocycles. The zero-order chi connectivity index (χ0) is 13.0. The summed E-state index contributed by atoms with van der Waals surface area (Å²) >= 11 is 3.58. The molecular formula is C15H23BrN2. The minimum Gasteiger partial charge on any atom is -0.382 e. The largest absolute Gasteiger partial charge is 0.382 e. The maximum atomic E-state index is 3.63. The molecule has 0 spiro atoms. The Bertz CT molecular complexity index is 386. The molecule has 0 bridgehead atoms. The molecule has 1 aromatic carbocycles. The molecule has 3 heteroatoms. The molecule has 1 heterocycles. The number of nitrogens with one attached hydrogen (secondary N) is 2. The number of rotatable bonds is 4. The molecule has 1 aromatic rings. The van der Waals surface area contributed by atoms with E-state index in [0.29, 0.717) is 12.1 Å². The topological polar surface area (TPSA) is 24.1 Å². The third-order valence-electron chi connectivity index (χ3n) is 3.72. The van der Waals surface area contributed by atoms with Crippen LogP contribution in [0, 0.1) is 6.92 Å². The summed E-state index contributed by atoms with van der Waals surface area (Å²) in [5, 5.41) is 7.24. The SMILES string of the molecule is Cc1c(Br)cccc1NC(C)CC1CCCCN1. The zero-order valence-electron chi connectivity index (χ0n) is 11.3. The van der Waals surface area contributed by atoms with Crippen LogP contribution in [0.1, 0.15) is 38.2 Å². The van der Waals surface area contributed by atoms with Crippen LogP contribution in [0.25, 0.3) is 0 Å². The van der Waals surface area contributed by atoms with Crippen LogP contribution in [0.3, 0.4) is 0 Å². The smallest absolute Gasteiger partial charge is 0.0383 e. The molecule has 2 unspecified atom stereocenters. The number of hydrogen-bond donors (Lipinski definition) is 2. The molecule has 0 aliphatic carbocycles. The Morgan fingerprint density at radius 1 is 1.44 bits per heavy atom. The van der Waals surface area contributed by atoms with Crippen molar-refractivity contribution in [2.24, 2.45) is 0 Å². The van der Waals surface area contributed by atoms with Crippen molar-refractivity contribution in [1.82, 2.24) is 5.32 Å². The summed E-state index contributed by atoms with van der Waals surface area (Å²) in [6, 6.07) is 7.53. The van der Waals surface area contributed by atoms with E-state index in [1.165, 1.54) is 48.0 Å². The van der Waals surface area contributed by atoms with Gasteiger partial charge >= 0.3 is 0 Å². The van der Waals surface area contributed by atoms with E-state index in [-0.39, 0.29) is 0 Å². The fourth-order valence-electron chi connectivity index (χ4n) is 2.64. The first-order valence-corrected chi connectivity index (χ1v) is 7.71. The number of piperidine rings is 1. The number of hydrogen-bond acceptors (Lipinski definition) is 2. The van der Waals surface area contributed by atoms with Gasteiger partial charge in [-0.3, -0.25) is 0 Å². The van der Waals surface area contributed by atoms with E-state index in [2.05, 4.69) is 58.6 Å². The van der Waals surface area contributed by atoms with Crippen LogP contribution < -0.4 is 10.6 Å². The van der Waals surface area contributed by atoms with Crippen LogP contribution in [0.15, 0.2) is 22.7 Å². The fourth-order valence-corrected chi connectivity index (χ4v) is 3.01. The van der Waals surface area contributed by atoms with E-state index in [9.17, 15) is 0 Å². The molecule has 1 aliphatic heterocycles. The van der Waals surface area contributed by atoms with E-state index in [4.69, 9.17) is 0 Å². The average molecular weight is 311 g/mol. The van der Waals surface area contributed by atoms with Crippen molar-refractivity contribution in [3.8, 4) is 0 Å². The second-order valence-corrected chi connectivity index (χ2v) is 6.19. The lowest BCUT2D eigenvalue weighted by molar-refractivity contribution is 0.371. The molecule has 1 aliphatic rings. The van der Waals surface area contributed by atoms with Crippen LogP contribution in [-0.4, -0.2) is 18.6 Å². The average Bonchev–Trinajstić information content (AvgIpc) is 2.36. The molecule has 2 N–H and O–H groups in total. The molecular weight excluding hydrogens is 288 g/mol. The second-order valence-electron chi connectivity index (χ2n) is 5.34. The van der Waals surface area contributed by atoms with Gasteiger partial charge in [0.25, 0.3) is 0 Å². The van der Waals surface area contributed by atoms with Gasteiger partial charge in [0.2, 0.25) is 0 Å². The van der Waals surface area contributed by atoms with Crippen LogP contribution in [0.4, 0.5) is 5.69 Å². The summed E-state index contributed by atoms with van der Waals surface area (Å²) in [5.41, 5.74) is 2.54. The van der Waals surface area contributed by atoms with Gasteiger partial charge in [-0.25, -0.2) is 0 Å². The predicted molar refractivity (Wildman–Crippen MR) is 82.2 cm³/mol. The Morgan fingerprint density at radius 2 is 2.28 bits per heavy atom. The Morgan fingerprint density at radius 3 is 3.00 bits per heavy atom. The molecule has 2 rings (SSSR count). The van der Waals surface area contributed by atoms with Gasteiger partial charge < -0.3 is 10.6 Å². The minimum absolute atomic E-state index is 0.508. The second kappa shape index (κ2) is 6.58. The first kappa shape index (κ1) is 13.9. The van der Waals surface area contributed by atoms with Gasteiger partial charge in [-0.2, -0.15) is 0 Å². The van der Waals surface area contributed by atoms with Crippen LogP contribution in [-0.2, 0) is 0 Å².